The summed E-state index contributed by atoms with van der Waals surface area (Å²) in [4.78, 5) is 4.34. The highest BCUT2D eigenvalue weighted by Gasteiger charge is 2.20. The average molecular weight is 238 g/mol. The van der Waals surface area contributed by atoms with Crippen LogP contribution in [0.1, 0.15) is 48.0 Å². The number of hydrogen-bond acceptors (Lipinski definition) is 2. The molecule has 18 heavy (non-hydrogen) atoms. The van der Waals surface area contributed by atoms with Crippen molar-refractivity contribution in [2.24, 2.45) is 5.73 Å². The first-order chi connectivity index (χ1) is 8.84. The number of hydrogen-bond donors (Lipinski definition) is 1. The second-order valence-electron chi connectivity index (χ2n) is 5.03. The van der Waals surface area contributed by atoms with E-state index < -0.39 is 0 Å². The topological polar surface area (TPSA) is 38.9 Å². The molecule has 2 nitrogen and oxygen atoms in total. The molecule has 2 heteroatoms. The van der Waals surface area contributed by atoms with Crippen LogP contribution < -0.4 is 5.73 Å². The van der Waals surface area contributed by atoms with Gasteiger partial charge in [-0.05, 0) is 42.0 Å². The molecule has 0 radical (unpaired) electrons. The van der Waals surface area contributed by atoms with Crippen molar-refractivity contribution in [2.75, 3.05) is 0 Å². The SMILES string of the molecule is NC(c1cccc(C2CCC2)c1)c1ccccn1. The van der Waals surface area contributed by atoms with Gasteiger partial charge >= 0.3 is 0 Å². The van der Waals surface area contributed by atoms with E-state index in [1.165, 1.54) is 24.8 Å². The van der Waals surface area contributed by atoms with Crippen molar-refractivity contribution in [3.05, 3.63) is 65.5 Å². The van der Waals surface area contributed by atoms with Crippen molar-refractivity contribution in [2.45, 2.75) is 31.2 Å². The van der Waals surface area contributed by atoms with Crippen LogP contribution in [0.25, 0.3) is 0 Å². The van der Waals surface area contributed by atoms with Gasteiger partial charge in [-0.3, -0.25) is 4.98 Å². The van der Waals surface area contributed by atoms with Gasteiger partial charge < -0.3 is 5.73 Å². The summed E-state index contributed by atoms with van der Waals surface area (Å²) in [6.07, 6.45) is 5.80. The highest BCUT2D eigenvalue weighted by Crippen LogP contribution is 2.37. The quantitative estimate of drug-likeness (QED) is 0.890. The molecule has 0 amide bonds. The molecule has 0 bridgehead atoms. The minimum Gasteiger partial charge on any atom is -0.319 e. The van der Waals surface area contributed by atoms with Crippen LogP contribution >= 0.6 is 0 Å². The molecule has 1 aliphatic carbocycles. The molecule has 1 aromatic carbocycles. The Kier molecular flexibility index (Phi) is 3.11. The minimum atomic E-state index is -0.119. The normalized spacial score (nSPS) is 17.2. The van der Waals surface area contributed by atoms with Crippen LogP contribution in [0.4, 0.5) is 0 Å². The fourth-order valence-electron chi connectivity index (χ4n) is 2.48. The molecule has 2 N–H and O–H groups in total. The van der Waals surface area contributed by atoms with Gasteiger partial charge in [0.1, 0.15) is 0 Å². The molecule has 0 saturated heterocycles. The van der Waals surface area contributed by atoms with E-state index in [0.717, 1.165) is 17.2 Å². The van der Waals surface area contributed by atoms with Crippen LogP contribution in [0, 0.1) is 0 Å². The fourth-order valence-corrected chi connectivity index (χ4v) is 2.48. The van der Waals surface area contributed by atoms with Crippen molar-refractivity contribution in [1.29, 1.82) is 0 Å². The largest absolute Gasteiger partial charge is 0.319 e. The van der Waals surface area contributed by atoms with Crippen LogP contribution in [0.2, 0.25) is 0 Å². The third-order valence-corrected chi connectivity index (χ3v) is 3.85. The lowest BCUT2D eigenvalue weighted by Gasteiger charge is -2.26. The van der Waals surface area contributed by atoms with E-state index in [-0.39, 0.29) is 6.04 Å². The van der Waals surface area contributed by atoms with Gasteiger partial charge in [0, 0.05) is 6.20 Å². The molecule has 1 unspecified atom stereocenters. The summed E-state index contributed by atoms with van der Waals surface area (Å²) in [6.45, 7) is 0. The molecule has 92 valence electrons. The lowest BCUT2D eigenvalue weighted by atomic mass is 9.79. The number of benzene rings is 1. The van der Waals surface area contributed by atoms with Crippen LogP contribution in [0.3, 0.4) is 0 Å². The molecule has 1 aliphatic rings. The van der Waals surface area contributed by atoms with Gasteiger partial charge in [0.2, 0.25) is 0 Å². The molecular formula is C16H18N2. The van der Waals surface area contributed by atoms with Crippen molar-refractivity contribution in [3.8, 4) is 0 Å². The minimum absolute atomic E-state index is 0.119. The molecule has 0 aliphatic heterocycles. The van der Waals surface area contributed by atoms with E-state index in [1.54, 1.807) is 6.20 Å². The first-order valence-electron chi connectivity index (χ1n) is 6.61. The predicted molar refractivity (Wildman–Crippen MR) is 73.3 cm³/mol. The van der Waals surface area contributed by atoms with Gasteiger partial charge in [-0.2, -0.15) is 0 Å². The van der Waals surface area contributed by atoms with Gasteiger partial charge in [0.15, 0.2) is 0 Å². The summed E-state index contributed by atoms with van der Waals surface area (Å²) in [6, 6.07) is 14.5. The summed E-state index contributed by atoms with van der Waals surface area (Å²) in [5.41, 5.74) is 9.82. The number of nitrogens with two attached hydrogens (primary N) is 1. The van der Waals surface area contributed by atoms with Crippen molar-refractivity contribution in [1.82, 2.24) is 4.98 Å². The summed E-state index contributed by atoms with van der Waals surface area (Å²) >= 11 is 0. The Balaban J connectivity index is 1.87. The lowest BCUT2D eigenvalue weighted by molar-refractivity contribution is 0.419. The van der Waals surface area contributed by atoms with Gasteiger partial charge in [-0.1, -0.05) is 36.8 Å². The lowest BCUT2D eigenvalue weighted by Crippen LogP contribution is -2.15. The Bertz CT molecular complexity index is 518. The average Bonchev–Trinajstić information content (AvgIpc) is 2.37. The maximum Gasteiger partial charge on any atom is 0.0726 e. The zero-order valence-corrected chi connectivity index (χ0v) is 10.4. The summed E-state index contributed by atoms with van der Waals surface area (Å²) < 4.78 is 0. The number of pyridine rings is 1. The monoisotopic (exact) mass is 238 g/mol. The van der Waals surface area contributed by atoms with Gasteiger partial charge in [0.05, 0.1) is 11.7 Å². The van der Waals surface area contributed by atoms with Crippen molar-refractivity contribution >= 4 is 0 Å². The van der Waals surface area contributed by atoms with Gasteiger partial charge in [-0.15, -0.1) is 0 Å². The third kappa shape index (κ3) is 2.16. The number of nitrogens with zero attached hydrogens (tertiary/aromatic N) is 1. The van der Waals surface area contributed by atoms with Crippen LogP contribution in [0.5, 0.6) is 0 Å². The molecule has 0 spiro atoms. The molecule has 3 rings (SSSR count). The third-order valence-electron chi connectivity index (χ3n) is 3.85. The van der Waals surface area contributed by atoms with E-state index in [2.05, 4.69) is 29.2 Å². The summed E-state index contributed by atoms with van der Waals surface area (Å²) in [7, 11) is 0. The molecule has 1 atom stereocenters. The second-order valence-corrected chi connectivity index (χ2v) is 5.03. The molecule has 1 saturated carbocycles. The predicted octanol–water partition coefficient (Wildman–Crippen LogP) is 3.40. The van der Waals surface area contributed by atoms with Crippen molar-refractivity contribution < 1.29 is 0 Å². The molecule has 1 aromatic heterocycles. The first-order valence-corrected chi connectivity index (χ1v) is 6.61. The second kappa shape index (κ2) is 4.91. The molecule has 1 heterocycles. The van der Waals surface area contributed by atoms with Crippen LogP contribution in [-0.2, 0) is 0 Å². The highest BCUT2D eigenvalue weighted by atomic mass is 14.8. The smallest absolute Gasteiger partial charge is 0.0726 e. The van der Waals surface area contributed by atoms with E-state index in [0.29, 0.717) is 0 Å². The van der Waals surface area contributed by atoms with Crippen molar-refractivity contribution in [3.63, 3.8) is 0 Å². The zero-order chi connectivity index (χ0) is 12.4. The van der Waals surface area contributed by atoms with Gasteiger partial charge in [-0.25, -0.2) is 0 Å². The van der Waals surface area contributed by atoms with Crippen LogP contribution in [0.15, 0.2) is 48.7 Å². The van der Waals surface area contributed by atoms with E-state index in [9.17, 15) is 0 Å². The Hall–Kier alpha value is -1.67. The highest BCUT2D eigenvalue weighted by molar-refractivity contribution is 5.33. The van der Waals surface area contributed by atoms with Gasteiger partial charge in [0.25, 0.3) is 0 Å². The number of rotatable bonds is 3. The Labute approximate surface area is 108 Å². The standard InChI is InChI=1S/C16H18N2/c17-16(15-9-1-2-10-18-15)14-8-4-7-13(11-14)12-5-3-6-12/h1-2,4,7-12,16H,3,5-6,17H2. The Morgan fingerprint density at radius 3 is 2.67 bits per heavy atom. The van der Waals surface area contributed by atoms with Crippen LogP contribution in [-0.4, -0.2) is 4.98 Å². The Morgan fingerprint density at radius 1 is 1.11 bits per heavy atom. The van der Waals surface area contributed by atoms with E-state index >= 15 is 0 Å². The number of aromatic nitrogens is 1. The Morgan fingerprint density at radius 2 is 2.00 bits per heavy atom. The fraction of sp³-hybridized carbons (Fsp3) is 0.312. The van der Waals surface area contributed by atoms with E-state index in [4.69, 9.17) is 5.73 Å². The summed E-state index contributed by atoms with van der Waals surface area (Å²) in [5, 5.41) is 0. The molecule has 2 aromatic rings. The maximum atomic E-state index is 6.28. The first kappa shape index (κ1) is 11.4. The molecule has 1 fully saturated rings. The molecular weight excluding hydrogens is 220 g/mol. The summed E-state index contributed by atoms with van der Waals surface area (Å²) in [5.74, 6) is 0.751. The maximum absolute atomic E-state index is 6.28. The van der Waals surface area contributed by atoms with E-state index in [1.807, 2.05) is 18.2 Å². The zero-order valence-electron chi connectivity index (χ0n) is 10.4.